The predicted molar refractivity (Wildman–Crippen MR) is 95.9 cm³/mol. The number of nitrogens with zero attached hydrogens (tertiary/aromatic N) is 3. The molecule has 2 aromatic carbocycles. The Morgan fingerprint density at radius 3 is 2.96 bits per heavy atom. The quantitative estimate of drug-likeness (QED) is 0.555. The predicted octanol–water partition coefficient (Wildman–Crippen LogP) is 3.10. The fourth-order valence-corrected chi connectivity index (χ4v) is 3.56. The van der Waals surface area contributed by atoms with E-state index in [-0.39, 0.29) is 6.61 Å². The fourth-order valence-electron chi connectivity index (χ4n) is 2.29. The van der Waals surface area contributed by atoms with Crippen LogP contribution in [-0.2, 0) is 9.53 Å². The lowest BCUT2D eigenvalue weighted by Gasteiger charge is -2.07. The Morgan fingerprint density at radius 1 is 1.12 bits per heavy atom. The smallest absolute Gasteiger partial charge is 0.338 e. The van der Waals surface area contributed by atoms with Gasteiger partial charge in [0.05, 0.1) is 38.7 Å². The van der Waals surface area contributed by atoms with Crippen LogP contribution in [0.15, 0.2) is 41.9 Å². The molecule has 0 unspecified atom stereocenters. The van der Waals surface area contributed by atoms with E-state index < -0.39 is 11.9 Å². The molecule has 2 heterocycles. The lowest BCUT2D eigenvalue weighted by molar-refractivity contribution is -0.119. The molecule has 0 radical (unpaired) electrons. The number of rotatable bonds is 4. The second kappa shape index (κ2) is 6.54. The van der Waals surface area contributed by atoms with E-state index in [1.54, 1.807) is 35.8 Å². The Morgan fingerprint density at radius 2 is 2.04 bits per heavy atom. The number of fused-ring (bicyclic) bond motifs is 2. The van der Waals surface area contributed by atoms with Gasteiger partial charge in [-0.3, -0.25) is 4.79 Å². The second-order valence-electron chi connectivity index (χ2n) is 5.10. The summed E-state index contributed by atoms with van der Waals surface area (Å²) in [7, 11) is 0. The Labute approximate surface area is 149 Å². The third kappa shape index (κ3) is 3.19. The van der Waals surface area contributed by atoms with E-state index in [9.17, 15) is 9.59 Å². The zero-order valence-corrected chi connectivity index (χ0v) is 14.3. The number of carbonyl (C=O) groups is 2. The zero-order valence-electron chi connectivity index (χ0n) is 12.6. The zero-order chi connectivity index (χ0) is 17.2. The van der Waals surface area contributed by atoms with E-state index >= 15 is 0 Å². The molecule has 0 bridgehead atoms. The van der Waals surface area contributed by atoms with Gasteiger partial charge in [0.2, 0.25) is 0 Å². The van der Waals surface area contributed by atoms with Crippen LogP contribution in [0.3, 0.4) is 0 Å². The van der Waals surface area contributed by atoms with E-state index in [0.29, 0.717) is 22.3 Å². The van der Waals surface area contributed by atoms with Gasteiger partial charge in [-0.1, -0.05) is 6.07 Å². The fraction of sp³-hybridized carbons (Fsp3) is 0.0625. The van der Waals surface area contributed by atoms with Crippen molar-refractivity contribution < 1.29 is 14.3 Å². The van der Waals surface area contributed by atoms with Gasteiger partial charge < -0.3 is 10.1 Å². The van der Waals surface area contributed by atoms with E-state index in [4.69, 9.17) is 4.74 Å². The van der Waals surface area contributed by atoms with Crippen molar-refractivity contribution >= 4 is 61.9 Å². The molecule has 1 N–H and O–H groups in total. The monoisotopic (exact) mass is 370 g/mol. The number of carbonyl (C=O) groups excluding carboxylic acids is 2. The third-order valence-corrected chi connectivity index (χ3v) is 4.80. The highest BCUT2D eigenvalue weighted by Crippen LogP contribution is 2.21. The van der Waals surface area contributed by atoms with Gasteiger partial charge >= 0.3 is 5.97 Å². The first kappa shape index (κ1) is 15.6. The number of hydrogen-bond donors (Lipinski definition) is 1. The molecule has 4 rings (SSSR count). The molecule has 0 aliphatic heterocycles. The summed E-state index contributed by atoms with van der Waals surface area (Å²) < 4.78 is 14.2. The molecule has 7 nitrogen and oxygen atoms in total. The maximum atomic E-state index is 12.1. The summed E-state index contributed by atoms with van der Waals surface area (Å²) in [5, 5.41) is 2.68. The summed E-state index contributed by atoms with van der Waals surface area (Å²) in [6.07, 6.45) is 0. The lowest BCUT2D eigenvalue weighted by Crippen LogP contribution is -2.21. The maximum absolute atomic E-state index is 12.1. The van der Waals surface area contributed by atoms with Gasteiger partial charge in [-0.15, -0.1) is 11.3 Å². The van der Waals surface area contributed by atoms with Crippen molar-refractivity contribution in [2.45, 2.75) is 0 Å². The molecule has 0 saturated heterocycles. The summed E-state index contributed by atoms with van der Waals surface area (Å²) in [5.74, 6) is -0.994. The summed E-state index contributed by atoms with van der Waals surface area (Å²) in [6, 6.07) is 10.4. The number of ether oxygens (including phenoxy) is 1. The van der Waals surface area contributed by atoms with Crippen LogP contribution in [0.25, 0.3) is 21.3 Å². The minimum Gasteiger partial charge on any atom is -0.452 e. The highest BCUT2D eigenvalue weighted by molar-refractivity contribution is 7.16. The number of hydrogen-bond acceptors (Lipinski definition) is 8. The molecule has 0 spiro atoms. The summed E-state index contributed by atoms with van der Waals surface area (Å²) in [4.78, 5) is 28.3. The van der Waals surface area contributed by atoms with Crippen molar-refractivity contribution in [2.75, 3.05) is 11.9 Å². The Balaban J connectivity index is 1.41. The number of nitrogens with one attached hydrogen (secondary N) is 1. The van der Waals surface area contributed by atoms with Gasteiger partial charge in [0.15, 0.2) is 6.61 Å². The van der Waals surface area contributed by atoms with Crippen LogP contribution in [0.1, 0.15) is 10.4 Å². The SMILES string of the molecule is O=C(COC(=O)c1ccc2ncsc2c1)Nc1cccc2nsnc12. The number of aromatic nitrogens is 3. The largest absolute Gasteiger partial charge is 0.452 e. The molecule has 0 fully saturated rings. The van der Waals surface area contributed by atoms with Crippen molar-refractivity contribution in [3.05, 3.63) is 47.5 Å². The van der Waals surface area contributed by atoms with Gasteiger partial charge in [-0.05, 0) is 30.3 Å². The third-order valence-electron chi connectivity index (χ3n) is 3.46. The topological polar surface area (TPSA) is 94.1 Å². The minimum atomic E-state index is -0.556. The molecule has 0 saturated carbocycles. The van der Waals surface area contributed by atoms with Crippen molar-refractivity contribution in [3.63, 3.8) is 0 Å². The molecule has 124 valence electrons. The molecule has 0 aliphatic carbocycles. The molecule has 0 atom stereocenters. The summed E-state index contributed by atoms with van der Waals surface area (Å²) in [5.41, 5.74) is 4.78. The molecular formula is C16H10N4O3S2. The van der Waals surface area contributed by atoms with E-state index in [0.717, 1.165) is 21.9 Å². The Kier molecular flexibility index (Phi) is 4.08. The normalized spacial score (nSPS) is 10.9. The van der Waals surface area contributed by atoms with Crippen molar-refractivity contribution in [2.24, 2.45) is 0 Å². The van der Waals surface area contributed by atoms with Gasteiger partial charge in [-0.25, -0.2) is 9.78 Å². The van der Waals surface area contributed by atoms with Gasteiger partial charge in [-0.2, -0.15) is 8.75 Å². The molecule has 1 amide bonds. The second-order valence-corrected chi connectivity index (χ2v) is 6.51. The molecule has 0 aliphatic rings. The molecule has 9 heteroatoms. The highest BCUT2D eigenvalue weighted by atomic mass is 32.1. The molecule has 2 aromatic heterocycles. The average molecular weight is 370 g/mol. The van der Waals surface area contributed by atoms with Crippen LogP contribution in [0.2, 0.25) is 0 Å². The first-order valence-corrected chi connectivity index (χ1v) is 8.83. The number of amides is 1. The lowest BCUT2D eigenvalue weighted by atomic mass is 10.2. The number of benzene rings is 2. The van der Waals surface area contributed by atoms with Crippen LogP contribution >= 0.6 is 23.1 Å². The van der Waals surface area contributed by atoms with Crippen LogP contribution in [0, 0.1) is 0 Å². The molecule has 25 heavy (non-hydrogen) atoms. The van der Waals surface area contributed by atoms with Crippen molar-refractivity contribution in [1.29, 1.82) is 0 Å². The number of esters is 1. The van der Waals surface area contributed by atoms with Crippen LogP contribution in [0.4, 0.5) is 5.69 Å². The van der Waals surface area contributed by atoms with Gasteiger partial charge in [0, 0.05) is 0 Å². The molecular weight excluding hydrogens is 360 g/mol. The van der Waals surface area contributed by atoms with Crippen molar-refractivity contribution in [3.8, 4) is 0 Å². The average Bonchev–Trinajstić information content (AvgIpc) is 3.28. The Hall–Kier alpha value is -2.91. The van der Waals surface area contributed by atoms with Crippen LogP contribution in [-0.4, -0.2) is 32.2 Å². The Bertz CT molecular complexity index is 1090. The minimum absolute atomic E-state index is 0.381. The number of anilines is 1. The molecule has 4 aromatic rings. The summed E-state index contributed by atoms with van der Waals surface area (Å²) in [6.45, 7) is -0.381. The van der Waals surface area contributed by atoms with Crippen molar-refractivity contribution in [1.82, 2.24) is 13.7 Å². The van der Waals surface area contributed by atoms with E-state index in [1.165, 1.54) is 11.3 Å². The number of thiazole rings is 1. The standard InChI is InChI=1S/C16H10N4O3S2/c21-14(18-11-2-1-3-12-15(11)20-25-19-12)7-23-16(22)9-4-5-10-13(6-9)24-8-17-10/h1-6,8H,7H2,(H,18,21). The maximum Gasteiger partial charge on any atom is 0.338 e. The van der Waals surface area contributed by atoms with Crippen LogP contribution < -0.4 is 5.32 Å². The summed E-state index contributed by atoms with van der Waals surface area (Å²) >= 11 is 2.51. The van der Waals surface area contributed by atoms with Crippen LogP contribution in [0.5, 0.6) is 0 Å². The van der Waals surface area contributed by atoms with Gasteiger partial charge in [0.1, 0.15) is 11.0 Å². The highest BCUT2D eigenvalue weighted by Gasteiger charge is 2.13. The first-order chi connectivity index (χ1) is 12.2. The van der Waals surface area contributed by atoms with E-state index in [1.807, 2.05) is 6.07 Å². The van der Waals surface area contributed by atoms with E-state index in [2.05, 4.69) is 19.0 Å². The first-order valence-electron chi connectivity index (χ1n) is 7.22. The van der Waals surface area contributed by atoms with Gasteiger partial charge in [0.25, 0.3) is 5.91 Å².